The third kappa shape index (κ3) is 3.13. The molecule has 0 unspecified atom stereocenters. The maximum absolute atomic E-state index is 13.3. The van der Waals surface area contributed by atoms with Gasteiger partial charge < -0.3 is 0 Å². The quantitative estimate of drug-likeness (QED) is 0.798. The Morgan fingerprint density at radius 1 is 1.00 bits per heavy atom. The van der Waals surface area contributed by atoms with Crippen LogP contribution in [0.5, 0.6) is 0 Å². The van der Waals surface area contributed by atoms with Crippen molar-refractivity contribution in [1.82, 2.24) is 4.31 Å². The van der Waals surface area contributed by atoms with Gasteiger partial charge in [0.1, 0.15) is 0 Å². The third-order valence-electron chi connectivity index (χ3n) is 4.98. The molecule has 0 aromatic heterocycles. The lowest BCUT2D eigenvalue weighted by Crippen LogP contribution is -2.46. The second kappa shape index (κ2) is 7.08. The van der Waals surface area contributed by atoms with Gasteiger partial charge >= 0.3 is 0 Å². The van der Waals surface area contributed by atoms with E-state index in [4.69, 9.17) is 0 Å². The number of unbranched alkanes of at least 4 members (excludes halogenated alkanes) is 1. The van der Waals surface area contributed by atoms with Gasteiger partial charge in [-0.15, -0.1) is 0 Å². The summed E-state index contributed by atoms with van der Waals surface area (Å²) in [5.41, 5.74) is 2.00. The second-order valence-corrected chi connectivity index (χ2v) is 8.43. The van der Waals surface area contributed by atoms with Gasteiger partial charge in [0, 0.05) is 12.6 Å². The second-order valence-electron chi connectivity index (χ2n) is 6.57. The fraction of sp³-hybridized carbons (Fsp3) is 0.400. The fourth-order valence-corrected chi connectivity index (χ4v) is 5.64. The number of rotatable bonds is 5. The van der Waals surface area contributed by atoms with Crippen LogP contribution in [0.15, 0.2) is 59.5 Å². The SMILES string of the molecule is CCCC[C@H]1[C@H](C)c2ccccc2S(=O)(=O)N1Cc1ccccc1. The normalized spacial score (nSPS) is 22.9. The molecule has 0 bridgehead atoms. The predicted octanol–water partition coefficient (Wildman–Crippen LogP) is 4.55. The van der Waals surface area contributed by atoms with Crippen molar-refractivity contribution < 1.29 is 8.42 Å². The minimum Gasteiger partial charge on any atom is -0.207 e. The van der Waals surface area contributed by atoms with Crippen molar-refractivity contribution in [1.29, 1.82) is 0 Å². The zero-order valence-corrected chi connectivity index (χ0v) is 15.2. The van der Waals surface area contributed by atoms with Crippen molar-refractivity contribution in [3.63, 3.8) is 0 Å². The summed E-state index contributed by atoms with van der Waals surface area (Å²) < 4.78 is 28.2. The van der Waals surface area contributed by atoms with E-state index in [1.165, 1.54) is 0 Å². The van der Waals surface area contributed by atoms with E-state index in [0.29, 0.717) is 11.4 Å². The van der Waals surface area contributed by atoms with E-state index in [9.17, 15) is 8.42 Å². The molecule has 0 spiro atoms. The summed E-state index contributed by atoms with van der Waals surface area (Å²) in [6.07, 6.45) is 3.01. The lowest BCUT2D eigenvalue weighted by atomic mass is 9.89. The standard InChI is InChI=1S/C20H25NO2S/c1-3-4-13-19-16(2)18-12-8-9-14-20(18)24(22,23)21(19)15-17-10-6-5-7-11-17/h5-12,14,16,19H,3-4,13,15H2,1-2H3/t16-,19+/m1/s1. The van der Waals surface area contributed by atoms with Crippen LogP contribution < -0.4 is 0 Å². The maximum atomic E-state index is 13.3. The molecule has 4 heteroatoms. The van der Waals surface area contributed by atoms with Crippen molar-refractivity contribution in [2.75, 3.05) is 0 Å². The molecule has 1 aliphatic heterocycles. The first-order valence-corrected chi connectivity index (χ1v) is 10.1. The van der Waals surface area contributed by atoms with Gasteiger partial charge in [0.15, 0.2) is 0 Å². The van der Waals surface area contributed by atoms with Gasteiger partial charge in [0.05, 0.1) is 4.90 Å². The smallest absolute Gasteiger partial charge is 0.207 e. The van der Waals surface area contributed by atoms with Gasteiger partial charge in [-0.25, -0.2) is 8.42 Å². The Kier molecular flexibility index (Phi) is 5.07. The van der Waals surface area contributed by atoms with Crippen LogP contribution >= 0.6 is 0 Å². The van der Waals surface area contributed by atoms with Gasteiger partial charge in [-0.1, -0.05) is 75.2 Å². The monoisotopic (exact) mass is 343 g/mol. The molecule has 0 fully saturated rings. The molecule has 128 valence electrons. The molecule has 0 N–H and O–H groups in total. The number of hydrogen-bond acceptors (Lipinski definition) is 2. The topological polar surface area (TPSA) is 37.4 Å². The molecule has 24 heavy (non-hydrogen) atoms. The number of sulfonamides is 1. The van der Waals surface area contributed by atoms with Crippen LogP contribution in [0.25, 0.3) is 0 Å². The van der Waals surface area contributed by atoms with Crippen LogP contribution in [-0.2, 0) is 16.6 Å². The lowest BCUT2D eigenvalue weighted by Gasteiger charge is -2.40. The summed E-state index contributed by atoms with van der Waals surface area (Å²) in [7, 11) is -3.46. The first-order chi connectivity index (χ1) is 11.6. The van der Waals surface area contributed by atoms with Gasteiger partial charge in [0.25, 0.3) is 0 Å². The number of hydrogen-bond donors (Lipinski definition) is 0. The molecule has 0 saturated heterocycles. The molecule has 3 rings (SSSR count). The Labute approximate surface area is 145 Å². The van der Waals surface area contributed by atoms with E-state index in [1.807, 2.05) is 48.5 Å². The molecular formula is C20H25NO2S. The number of nitrogens with zero attached hydrogens (tertiary/aromatic N) is 1. The molecule has 0 radical (unpaired) electrons. The zero-order valence-electron chi connectivity index (χ0n) is 14.4. The van der Waals surface area contributed by atoms with Crippen molar-refractivity contribution in [3.05, 3.63) is 65.7 Å². The molecule has 3 nitrogen and oxygen atoms in total. The van der Waals surface area contributed by atoms with Crippen molar-refractivity contribution in [2.45, 2.75) is 56.5 Å². The van der Waals surface area contributed by atoms with Gasteiger partial charge in [-0.05, 0) is 29.5 Å². The molecule has 2 atom stereocenters. The average molecular weight is 343 g/mol. The molecule has 0 aliphatic carbocycles. The summed E-state index contributed by atoms with van der Waals surface area (Å²) in [5.74, 6) is 0.208. The molecule has 0 amide bonds. The highest BCUT2D eigenvalue weighted by atomic mass is 32.2. The van der Waals surface area contributed by atoms with E-state index in [1.54, 1.807) is 10.4 Å². The molecule has 2 aromatic carbocycles. The number of fused-ring (bicyclic) bond motifs is 1. The molecule has 2 aromatic rings. The van der Waals surface area contributed by atoms with Crippen LogP contribution in [0.2, 0.25) is 0 Å². The highest BCUT2D eigenvalue weighted by molar-refractivity contribution is 7.89. The Bertz CT molecular complexity index is 786. The van der Waals surface area contributed by atoms with Crippen LogP contribution in [-0.4, -0.2) is 18.8 Å². The summed E-state index contributed by atoms with van der Waals surface area (Å²) >= 11 is 0. The first kappa shape index (κ1) is 17.2. The van der Waals surface area contributed by atoms with Gasteiger partial charge in [0.2, 0.25) is 10.0 Å². The van der Waals surface area contributed by atoms with E-state index in [-0.39, 0.29) is 12.0 Å². The summed E-state index contributed by atoms with van der Waals surface area (Å²) in [6, 6.07) is 17.4. The van der Waals surface area contributed by atoms with Crippen LogP contribution in [0.1, 0.15) is 50.2 Å². The van der Waals surface area contributed by atoms with E-state index < -0.39 is 10.0 Å². The van der Waals surface area contributed by atoms with Crippen LogP contribution in [0.4, 0.5) is 0 Å². The van der Waals surface area contributed by atoms with Crippen molar-refractivity contribution in [3.8, 4) is 0 Å². The Morgan fingerprint density at radius 3 is 2.38 bits per heavy atom. The van der Waals surface area contributed by atoms with E-state index >= 15 is 0 Å². The maximum Gasteiger partial charge on any atom is 0.243 e. The molecule has 1 aliphatic rings. The highest BCUT2D eigenvalue weighted by Crippen LogP contribution is 2.40. The van der Waals surface area contributed by atoms with Gasteiger partial charge in [-0.2, -0.15) is 4.31 Å². The van der Waals surface area contributed by atoms with Crippen molar-refractivity contribution in [2.24, 2.45) is 0 Å². The highest BCUT2D eigenvalue weighted by Gasteiger charge is 2.41. The van der Waals surface area contributed by atoms with E-state index in [0.717, 1.165) is 30.4 Å². The number of benzene rings is 2. The minimum absolute atomic E-state index is 0.0186. The Morgan fingerprint density at radius 2 is 1.67 bits per heavy atom. The Hall–Kier alpha value is -1.65. The fourth-order valence-electron chi connectivity index (χ4n) is 3.63. The van der Waals surface area contributed by atoms with E-state index in [2.05, 4.69) is 13.8 Å². The van der Waals surface area contributed by atoms with Gasteiger partial charge in [-0.3, -0.25) is 0 Å². The average Bonchev–Trinajstić information content (AvgIpc) is 2.60. The third-order valence-corrected chi connectivity index (χ3v) is 6.92. The molecule has 0 saturated carbocycles. The predicted molar refractivity (Wildman–Crippen MR) is 97.3 cm³/mol. The summed E-state index contributed by atoms with van der Waals surface area (Å²) in [5, 5.41) is 0. The van der Waals surface area contributed by atoms with Crippen molar-refractivity contribution >= 4 is 10.0 Å². The van der Waals surface area contributed by atoms with Crippen LogP contribution in [0, 0.1) is 0 Å². The Balaban J connectivity index is 2.05. The van der Waals surface area contributed by atoms with Crippen LogP contribution in [0.3, 0.4) is 0 Å². The minimum atomic E-state index is -3.46. The first-order valence-electron chi connectivity index (χ1n) is 8.70. The largest absolute Gasteiger partial charge is 0.243 e. The molecule has 1 heterocycles. The summed E-state index contributed by atoms with van der Waals surface area (Å²) in [6.45, 7) is 4.75. The lowest BCUT2D eigenvalue weighted by molar-refractivity contribution is 0.249. The molecular weight excluding hydrogens is 318 g/mol. The summed E-state index contributed by atoms with van der Waals surface area (Å²) in [4.78, 5) is 0.473. The zero-order chi connectivity index (χ0) is 17.2.